The van der Waals surface area contributed by atoms with E-state index in [0.29, 0.717) is 27.7 Å². The monoisotopic (exact) mass is 454 g/mol. The number of aromatic hydroxyl groups is 1. The molecule has 1 aromatic heterocycles. The van der Waals surface area contributed by atoms with Gasteiger partial charge in [-0.3, -0.25) is 9.59 Å². The molecule has 3 aromatic rings. The zero-order chi connectivity index (χ0) is 20.8. The Labute approximate surface area is 176 Å². The average molecular weight is 455 g/mol. The predicted octanol–water partition coefficient (Wildman–Crippen LogP) is 4.16. The molecule has 0 saturated carbocycles. The van der Waals surface area contributed by atoms with Gasteiger partial charge in [0.2, 0.25) is 0 Å². The Morgan fingerprint density at radius 1 is 1.07 bits per heavy atom. The molecule has 0 radical (unpaired) electrons. The lowest BCUT2D eigenvalue weighted by molar-refractivity contribution is 0.0943. The summed E-state index contributed by atoms with van der Waals surface area (Å²) >= 11 is 3.35. The van der Waals surface area contributed by atoms with Crippen molar-refractivity contribution in [3.8, 4) is 5.75 Å². The number of hydrogen-bond acceptors (Lipinski definition) is 4. The van der Waals surface area contributed by atoms with Crippen LogP contribution in [0.3, 0.4) is 0 Å². The standard InChI is InChI=1S/C22H19BrN2O4/c1-14(9-16-7-8-29-13-16)25-22(28)19-6-5-17(11-20(19)23)21(27)24-12-15-3-2-4-18(26)10-15/h2-8,10-11,13,26H,1,9,12H2,(H,24,27)(H,25,28). The summed E-state index contributed by atoms with van der Waals surface area (Å²) in [5.41, 5.74) is 3.03. The highest BCUT2D eigenvalue weighted by atomic mass is 79.9. The lowest BCUT2D eigenvalue weighted by Crippen LogP contribution is -2.25. The molecule has 0 saturated heterocycles. The van der Waals surface area contributed by atoms with Gasteiger partial charge in [-0.05, 0) is 63.5 Å². The van der Waals surface area contributed by atoms with Crippen LogP contribution >= 0.6 is 15.9 Å². The summed E-state index contributed by atoms with van der Waals surface area (Å²) in [5.74, 6) is -0.466. The largest absolute Gasteiger partial charge is 0.508 e. The van der Waals surface area contributed by atoms with Gasteiger partial charge >= 0.3 is 0 Å². The molecule has 0 aliphatic carbocycles. The molecule has 0 aliphatic rings. The van der Waals surface area contributed by atoms with E-state index in [9.17, 15) is 14.7 Å². The molecule has 0 bridgehead atoms. The molecule has 0 aliphatic heterocycles. The van der Waals surface area contributed by atoms with Crippen molar-refractivity contribution in [1.29, 1.82) is 0 Å². The van der Waals surface area contributed by atoms with E-state index >= 15 is 0 Å². The highest BCUT2D eigenvalue weighted by Gasteiger charge is 2.14. The van der Waals surface area contributed by atoms with Crippen molar-refractivity contribution >= 4 is 27.7 Å². The van der Waals surface area contributed by atoms with Gasteiger partial charge in [-0.25, -0.2) is 0 Å². The zero-order valence-electron chi connectivity index (χ0n) is 15.4. The van der Waals surface area contributed by atoms with Gasteiger partial charge in [0.05, 0.1) is 18.1 Å². The first-order valence-corrected chi connectivity index (χ1v) is 9.57. The minimum atomic E-state index is -0.322. The molecular weight excluding hydrogens is 436 g/mol. The number of amides is 2. The third kappa shape index (κ3) is 5.58. The number of phenols is 1. The number of nitrogens with one attached hydrogen (secondary N) is 2. The summed E-state index contributed by atoms with van der Waals surface area (Å²) < 4.78 is 5.50. The van der Waals surface area contributed by atoms with Crippen LogP contribution in [0.25, 0.3) is 0 Å². The van der Waals surface area contributed by atoms with E-state index in [4.69, 9.17) is 4.42 Å². The molecular formula is C22H19BrN2O4. The summed E-state index contributed by atoms with van der Waals surface area (Å²) in [6.45, 7) is 4.14. The van der Waals surface area contributed by atoms with E-state index in [1.54, 1.807) is 61.1 Å². The lowest BCUT2D eigenvalue weighted by atomic mass is 10.1. The number of hydrogen-bond donors (Lipinski definition) is 3. The van der Waals surface area contributed by atoms with E-state index in [1.165, 1.54) is 0 Å². The van der Waals surface area contributed by atoms with Crippen LogP contribution in [0.2, 0.25) is 0 Å². The van der Waals surface area contributed by atoms with E-state index in [2.05, 4.69) is 33.1 Å². The van der Waals surface area contributed by atoms with Crippen LogP contribution in [-0.4, -0.2) is 16.9 Å². The van der Waals surface area contributed by atoms with E-state index < -0.39 is 0 Å². The molecule has 2 amide bonds. The maximum Gasteiger partial charge on any atom is 0.256 e. The van der Waals surface area contributed by atoms with Gasteiger partial charge in [0.25, 0.3) is 11.8 Å². The number of phenolic OH excluding ortho intramolecular Hbond substituents is 1. The summed E-state index contributed by atoms with van der Waals surface area (Å²) in [5, 5.41) is 15.0. The fraction of sp³-hybridized carbons (Fsp3) is 0.0909. The summed E-state index contributed by atoms with van der Waals surface area (Å²) in [7, 11) is 0. The quantitative estimate of drug-likeness (QED) is 0.499. The van der Waals surface area contributed by atoms with Crippen LogP contribution in [0.5, 0.6) is 5.75 Å². The average Bonchev–Trinajstić information content (AvgIpc) is 3.18. The van der Waals surface area contributed by atoms with Crippen molar-refractivity contribution in [2.75, 3.05) is 0 Å². The third-order valence-corrected chi connectivity index (χ3v) is 4.78. The predicted molar refractivity (Wildman–Crippen MR) is 112 cm³/mol. The maximum atomic E-state index is 12.5. The molecule has 148 valence electrons. The molecule has 29 heavy (non-hydrogen) atoms. The molecule has 3 N–H and O–H groups in total. The first kappa shape index (κ1) is 20.4. The SMILES string of the molecule is C=C(Cc1ccoc1)NC(=O)c1ccc(C(=O)NCc2cccc(O)c2)cc1Br. The summed E-state index contributed by atoms with van der Waals surface area (Å²) in [6, 6.07) is 13.2. The molecule has 6 nitrogen and oxygen atoms in total. The van der Waals surface area contributed by atoms with Crippen molar-refractivity contribution in [2.24, 2.45) is 0 Å². The van der Waals surface area contributed by atoms with Gasteiger partial charge in [-0.2, -0.15) is 0 Å². The Morgan fingerprint density at radius 3 is 2.59 bits per heavy atom. The summed E-state index contributed by atoms with van der Waals surface area (Å²) in [6.07, 6.45) is 3.62. The highest BCUT2D eigenvalue weighted by molar-refractivity contribution is 9.10. The lowest BCUT2D eigenvalue weighted by Gasteiger charge is -2.11. The minimum Gasteiger partial charge on any atom is -0.508 e. The van der Waals surface area contributed by atoms with Gasteiger partial charge < -0.3 is 20.2 Å². The Hall–Kier alpha value is -3.32. The summed E-state index contributed by atoms with van der Waals surface area (Å²) in [4.78, 5) is 24.9. The molecule has 1 heterocycles. The highest BCUT2D eigenvalue weighted by Crippen LogP contribution is 2.20. The normalized spacial score (nSPS) is 10.4. The fourth-order valence-corrected chi connectivity index (χ4v) is 3.26. The fourth-order valence-electron chi connectivity index (χ4n) is 2.70. The number of halogens is 1. The van der Waals surface area contributed by atoms with Crippen LogP contribution in [0.4, 0.5) is 0 Å². The Bertz CT molecular complexity index is 1040. The second-order valence-electron chi connectivity index (χ2n) is 6.41. The second kappa shape index (κ2) is 9.25. The zero-order valence-corrected chi connectivity index (χ0v) is 17.0. The van der Waals surface area contributed by atoms with Crippen molar-refractivity contribution in [2.45, 2.75) is 13.0 Å². The van der Waals surface area contributed by atoms with Gasteiger partial charge in [0.15, 0.2) is 0 Å². The molecule has 0 atom stereocenters. The third-order valence-electron chi connectivity index (χ3n) is 4.13. The van der Waals surface area contributed by atoms with Crippen molar-refractivity contribution < 1.29 is 19.1 Å². The van der Waals surface area contributed by atoms with Crippen LogP contribution in [-0.2, 0) is 13.0 Å². The molecule has 3 rings (SSSR count). The van der Waals surface area contributed by atoms with Gasteiger partial charge in [0.1, 0.15) is 5.75 Å². The smallest absolute Gasteiger partial charge is 0.256 e. The number of carbonyl (C=O) groups is 2. The number of furan rings is 1. The van der Waals surface area contributed by atoms with Gasteiger partial charge in [0, 0.05) is 28.7 Å². The van der Waals surface area contributed by atoms with Gasteiger partial charge in [-0.15, -0.1) is 0 Å². The topological polar surface area (TPSA) is 91.6 Å². The molecule has 7 heteroatoms. The Kier molecular flexibility index (Phi) is 6.51. The number of carbonyl (C=O) groups excluding carboxylic acids is 2. The Balaban J connectivity index is 1.60. The molecule has 0 fully saturated rings. The van der Waals surface area contributed by atoms with E-state index in [1.807, 2.05) is 0 Å². The second-order valence-corrected chi connectivity index (χ2v) is 7.27. The first-order valence-electron chi connectivity index (χ1n) is 8.78. The van der Waals surface area contributed by atoms with Crippen molar-refractivity contribution in [3.05, 3.63) is 100 Å². The number of benzene rings is 2. The van der Waals surface area contributed by atoms with E-state index in [-0.39, 0.29) is 24.1 Å². The maximum absolute atomic E-state index is 12.5. The van der Waals surface area contributed by atoms with Crippen LogP contribution in [0.15, 0.2) is 82.2 Å². The number of rotatable bonds is 7. The van der Waals surface area contributed by atoms with Crippen molar-refractivity contribution in [1.82, 2.24) is 10.6 Å². The van der Waals surface area contributed by atoms with Crippen molar-refractivity contribution in [3.63, 3.8) is 0 Å². The molecule has 2 aromatic carbocycles. The van der Waals surface area contributed by atoms with Crippen LogP contribution in [0.1, 0.15) is 31.8 Å². The van der Waals surface area contributed by atoms with Gasteiger partial charge in [-0.1, -0.05) is 18.7 Å². The molecule has 0 unspecified atom stereocenters. The van der Waals surface area contributed by atoms with Crippen LogP contribution < -0.4 is 10.6 Å². The Morgan fingerprint density at radius 2 is 1.90 bits per heavy atom. The molecule has 0 spiro atoms. The first-order chi connectivity index (χ1) is 13.9. The van der Waals surface area contributed by atoms with E-state index in [0.717, 1.165) is 11.1 Å². The minimum absolute atomic E-state index is 0.143. The number of allylic oxidation sites excluding steroid dienone is 1. The van der Waals surface area contributed by atoms with Crippen LogP contribution in [0, 0.1) is 0 Å².